The average molecular weight is 495 g/mol. The Morgan fingerprint density at radius 1 is 0.730 bits per heavy atom. The highest BCUT2D eigenvalue weighted by atomic mass is 19.2. The van der Waals surface area contributed by atoms with Gasteiger partial charge in [-0.1, -0.05) is 78.9 Å². The van der Waals surface area contributed by atoms with Gasteiger partial charge in [-0.2, -0.15) is 5.10 Å². The van der Waals surface area contributed by atoms with E-state index in [1.54, 1.807) is 11.6 Å². The van der Waals surface area contributed by atoms with E-state index in [-0.39, 0.29) is 5.39 Å². The zero-order valence-corrected chi connectivity index (χ0v) is 19.8. The molecule has 0 radical (unpaired) electrons. The van der Waals surface area contributed by atoms with Gasteiger partial charge in [0, 0.05) is 22.4 Å². The summed E-state index contributed by atoms with van der Waals surface area (Å²) in [7, 11) is 0. The second kappa shape index (κ2) is 9.09. The molecule has 0 fully saturated rings. The van der Waals surface area contributed by atoms with Gasteiger partial charge in [0.15, 0.2) is 23.1 Å². The highest BCUT2D eigenvalue weighted by molar-refractivity contribution is 6.00. The number of nitrogens with zero attached hydrogens (tertiary/aromatic N) is 3. The minimum absolute atomic E-state index is 0.126. The third kappa shape index (κ3) is 3.89. The number of para-hydroxylation sites is 1. The summed E-state index contributed by atoms with van der Waals surface area (Å²) in [5.41, 5.74) is 2.24. The van der Waals surface area contributed by atoms with Crippen LogP contribution in [0, 0.1) is 17.5 Å². The van der Waals surface area contributed by atoms with Crippen molar-refractivity contribution in [3.8, 4) is 16.9 Å². The fraction of sp³-hybridized carbons (Fsp3) is 0.0667. The maximum atomic E-state index is 15.8. The van der Waals surface area contributed by atoms with Crippen molar-refractivity contribution in [2.24, 2.45) is 0 Å². The Morgan fingerprint density at radius 3 is 2.03 bits per heavy atom. The minimum Gasteiger partial charge on any atom is -0.374 e. The van der Waals surface area contributed by atoms with Crippen LogP contribution in [0.15, 0.2) is 97.1 Å². The Hall–Kier alpha value is -4.65. The lowest BCUT2D eigenvalue weighted by Gasteiger charge is -2.18. The molecule has 0 spiro atoms. The van der Waals surface area contributed by atoms with Crippen molar-refractivity contribution in [2.45, 2.75) is 13.0 Å². The van der Waals surface area contributed by atoms with Crippen LogP contribution in [0.3, 0.4) is 0 Å². The van der Waals surface area contributed by atoms with E-state index in [0.29, 0.717) is 22.4 Å². The normalized spacial score (nSPS) is 12.2. The Bertz CT molecular complexity index is 1730. The largest absolute Gasteiger partial charge is 0.374 e. The number of hydrogen-bond donors (Lipinski definition) is 1. The molecule has 37 heavy (non-hydrogen) atoms. The monoisotopic (exact) mass is 494 g/mol. The van der Waals surface area contributed by atoms with Crippen molar-refractivity contribution in [1.82, 2.24) is 14.8 Å². The second-order valence-electron chi connectivity index (χ2n) is 8.81. The van der Waals surface area contributed by atoms with Gasteiger partial charge in [0.2, 0.25) is 0 Å². The molecule has 2 heterocycles. The zero-order valence-electron chi connectivity index (χ0n) is 19.8. The summed E-state index contributed by atoms with van der Waals surface area (Å²) in [4.78, 5) is 4.42. The van der Waals surface area contributed by atoms with Crippen molar-refractivity contribution < 1.29 is 13.2 Å². The van der Waals surface area contributed by atoms with Crippen LogP contribution >= 0.6 is 0 Å². The molecule has 0 unspecified atom stereocenters. The Balaban J connectivity index is 1.60. The molecule has 2 aromatic heterocycles. The standard InChI is InChI=1S/C30H21F3N4/c1-18(19-11-5-2-6-12-19)34-29-24(31)22-17-23-27(20-13-7-3-8-14-20)36-37(21-15-9-4-10-16-21)30(23)35-28(22)25(32)26(29)33/h2-18,34H,1H3/t18-/m0/s1. The number of aromatic nitrogens is 3. The molecule has 0 saturated carbocycles. The topological polar surface area (TPSA) is 42.7 Å². The number of anilines is 1. The number of rotatable bonds is 5. The van der Waals surface area contributed by atoms with Crippen molar-refractivity contribution in [2.75, 3.05) is 5.32 Å². The summed E-state index contributed by atoms with van der Waals surface area (Å²) in [5, 5.41) is 7.96. The van der Waals surface area contributed by atoms with Crippen LogP contribution in [0.1, 0.15) is 18.5 Å². The number of benzene rings is 4. The molecule has 4 aromatic carbocycles. The van der Waals surface area contributed by atoms with Crippen molar-refractivity contribution in [3.05, 3.63) is 120 Å². The summed E-state index contributed by atoms with van der Waals surface area (Å²) in [6.07, 6.45) is 0. The van der Waals surface area contributed by atoms with Crippen LogP contribution in [-0.2, 0) is 0 Å². The molecule has 0 aliphatic carbocycles. The molecule has 0 bridgehead atoms. The quantitative estimate of drug-likeness (QED) is 0.248. The predicted molar refractivity (Wildman–Crippen MR) is 140 cm³/mol. The molecular weight excluding hydrogens is 473 g/mol. The molecule has 4 nitrogen and oxygen atoms in total. The van der Waals surface area contributed by atoms with Gasteiger partial charge in [-0.25, -0.2) is 22.8 Å². The highest BCUT2D eigenvalue weighted by Crippen LogP contribution is 2.37. The number of halogens is 3. The third-order valence-corrected chi connectivity index (χ3v) is 6.44. The number of fused-ring (bicyclic) bond motifs is 2. The van der Waals surface area contributed by atoms with Gasteiger partial charge >= 0.3 is 0 Å². The summed E-state index contributed by atoms with van der Waals surface area (Å²) < 4.78 is 48.0. The van der Waals surface area contributed by atoms with Gasteiger partial charge in [0.1, 0.15) is 16.9 Å². The molecule has 1 N–H and O–H groups in total. The number of pyridine rings is 1. The van der Waals surface area contributed by atoms with Gasteiger partial charge < -0.3 is 5.32 Å². The maximum absolute atomic E-state index is 15.8. The van der Waals surface area contributed by atoms with Gasteiger partial charge in [-0.3, -0.25) is 0 Å². The van der Waals surface area contributed by atoms with Crippen LogP contribution in [0.4, 0.5) is 18.9 Å². The van der Waals surface area contributed by atoms with Crippen LogP contribution in [0.2, 0.25) is 0 Å². The van der Waals surface area contributed by atoms with Crippen LogP contribution in [0.25, 0.3) is 38.9 Å². The van der Waals surface area contributed by atoms with Crippen LogP contribution in [-0.4, -0.2) is 14.8 Å². The summed E-state index contributed by atoms with van der Waals surface area (Å²) in [6, 6.07) is 28.9. The Morgan fingerprint density at radius 2 is 1.35 bits per heavy atom. The maximum Gasteiger partial charge on any atom is 0.187 e. The second-order valence-corrected chi connectivity index (χ2v) is 8.81. The molecule has 182 valence electrons. The van der Waals surface area contributed by atoms with E-state index in [0.717, 1.165) is 11.1 Å². The van der Waals surface area contributed by atoms with Crippen molar-refractivity contribution in [3.63, 3.8) is 0 Å². The third-order valence-electron chi connectivity index (χ3n) is 6.44. The Labute approximate surface area is 211 Å². The molecule has 6 aromatic rings. The van der Waals surface area contributed by atoms with E-state index in [1.807, 2.05) is 91.0 Å². The fourth-order valence-corrected chi connectivity index (χ4v) is 4.55. The van der Waals surface area contributed by atoms with Crippen molar-refractivity contribution >= 4 is 27.6 Å². The van der Waals surface area contributed by atoms with E-state index in [1.165, 1.54) is 6.07 Å². The van der Waals surface area contributed by atoms with Gasteiger partial charge in [-0.05, 0) is 30.7 Å². The first-order chi connectivity index (χ1) is 18.0. The molecule has 7 heteroatoms. The molecule has 0 amide bonds. The van der Waals surface area contributed by atoms with Crippen LogP contribution in [0.5, 0.6) is 0 Å². The first kappa shape index (κ1) is 22.8. The molecule has 0 saturated heterocycles. The van der Waals surface area contributed by atoms with E-state index >= 15 is 13.2 Å². The summed E-state index contributed by atoms with van der Waals surface area (Å²) >= 11 is 0. The smallest absolute Gasteiger partial charge is 0.187 e. The minimum atomic E-state index is -1.31. The average Bonchev–Trinajstić information content (AvgIpc) is 3.33. The first-order valence-corrected chi connectivity index (χ1v) is 11.8. The molecule has 6 rings (SSSR count). The predicted octanol–water partition coefficient (Wildman–Crippen LogP) is 7.83. The van der Waals surface area contributed by atoms with Gasteiger partial charge in [0.05, 0.1) is 5.69 Å². The van der Waals surface area contributed by atoms with E-state index < -0.39 is 34.7 Å². The highest BCUT2D eigenvalue weighted by Gasteiger charge is 2.25. The van der Waals surface area contributed by atoms with Crippen LogP contribution < -0.4 is 5.32 Å². The molecule has 1 atom stereocenters. The molecule has 0 aliphatic heterocycles. The lowest BCUT2D eigenvalue weighted by atomic mass is 10.0. The van der Waals surface area contributed by atoms with Gasteiger partial charge in [0.25, 0.3) is 0 Å². The molecule has 0 aliphatic rings. The lowest BCUT2D eigenvalue weighted by Crippen LogP contribution is -2.11. The van der Waals surface area contributed by atoms with E-state index in [4.69, 9.17) is 5.10 Å². The molecular formula is C30H21F3N4. The lowest BCUT2D eigenvalue weighted by molar-refractivity contribution is 0.506. The Kier molecular flexibility index (Phi) is 5.60. The van der Waals surface area contributed by atoms with E-state index in [2.05, 4.69) is 10.3 Å². The number of hydrogen-bond acceptors (Lipinski definition) is 3. The number of nitrogens with one attached hydrogen (secondary N) is 1. The van der Waals surface area contributed by atoms with Crippen molar-refractivity contribution in [1.29, 1.82) is 0 Å². The van der Waals surface area contributed by atoms with Gasteiger partial charge in [-0.15, -0.1) is 0 Å². The fourth-order valence-electron chi connectivity index (χ4n) is 4.55. The van der Waals surface area contributed by atoms with E-state index in [9.17, 15) is 0 Å². The first-order valence-electron chi connectivity index (χ1n) is 11.8. The summed E-state index contributed by atoms with van der Waals surface area (Å²) in [5.74, 6) is -3.44. The SMILES string of the molecule is C[C@H](Nc1c(F)c(F)c2nc3c(cc2c1F)c(-c1ccccc1)nn3-c1ccccc1)c1ccccc1. The summed E-state index contributed by atoms with van der Waals surface area (Å²) in [6.45, 7) is 1.76. The zero-order chi connectivity index (χ0) is 25.5.